The molecule has 2 aliphatic rings. The van der Waals surface area contributed by atoms with E-state index in [1.165, 1.54) is 30.7 Å². The van der Waals surface area contributed by atoms with E-state index < -0.39 is 99.2 Å². The maximum Gasteiger partial charge on any atom is 0.351 e. The summed E-state index contributed by atoms with van der Waals surface area (Å²) in [6.07, 6.45) is -6.54. The predicted molar refractivity (Wildman–Crippen MR) is 281 cm³/mol. The van der Waals surface area contributed by atoms with E-state index in [0.717, 1.165) is 37.5 Å². The lowest BCUT2D eigenvalue weighted by Crippen LogP contribution is -2.63. The van der Waals surface area contributed by atoms with E-state index in [2.05, 4.69) is 42.7 Å². The highest BCUT2D eigenvalue weighted by molar-refractivity contribution is 7.50. The molecule has 4 aromatic rings. The number of amides is 1. The van der Waals surface area contributed by atoms with Crippen molar-refractivity contribution in [1.82, 2.24) is 14.2 Å². The molecular weight excluding hydrogens is 1020 g/mol. The third-order valence-electron chi connectivity index (χ3n) is 12.6. The van der Waals surface area contributed by atoms with Gasteiger partial charge in [-0.2, -0.15) is 4.98 Å². The summed E-state index contributed by atoms with van der Waals surface area (Å²) in [6.45, 7) is 13.8. The molecule has 77 heavy (non-hydrogen) atoms. The highest BCUT2D eigenvalue weighted by Gasteiger charge is 2.53. The molecular formula is C55H71N4O17P. The van der Waals surface area contributed by atoms with Crippen LogP contribution in [-0.2, 0) is 72.0 Å². The molecule has 2 fully saturated rings. The number of carbonyl (C=O) groups excluding carboxylic acids is 5. The molecule has 1 unspecified atom stereocenters. The number of aromatic nitrogens is 2. The summed E-state index contributed by atoms with van der Waals surface area (Å²) in [7, 11) is 1.69. The third-order valence-corrected chi connectivity index (χ3v) is 15.2. The van der Waals surface area contributed by atoms with Gasteiger partial charge in [-0.1, -0.05) is 54.6 Å². The van der Waals surface area contributed by atoms with E-state index in [1.807, 2.05) is 78.9 Å². The van der Waals surface area contributed by atoms with Gasteiger partial charge in [-0.3, -0.25) is 33.2 Å². The van der Waals surface area contributed by atoms with Crippen molar-refractivity contribution in [1.29, 1.82) is 0 Å². The summed E-state index contributed by atoms with van der Waals surface area (Å²) in [4.78, 5) is 79.0. The van der Waals surface area contributed by atoms with Crippen molar-refractivity contribution in [3.05, 3.63) is 118 Å². The lowest BCUT2D eigenvalue weighted by atomic mass is 9.80. The molecule has 1 amide bonds. The molecule has 0 radical (unpaired) electrons. The van der Waals surface area contributed by atoms with Crippen LogP contribution >= 0.6 is 8.30 Å². The van der Waals surface area contributed by atoms with Crippen molar-refractivity contribution in [3.63, 3.8) is 0 Å². The van der Waals surface area contributed by atoms with Crippen LogP contribution in [0.4, 0.5) is 5.82 Å². The second-order valence-electron chi connectivity index (χ2n) is 18.9. The quantitative estimate of drug-likeness (QED) is 0.0235. The lowest BCUT2D eigenvalue weighted by Gasteiger charge is -2.44. The van der Waals surface area contributed by atoms with E-state index in [0.29, 0.717) is 24.1 Å². The summed E-state index contributed by atoms with van der Waals surface area (Å²) in [5.41, 5.74) is 0.523. The van der Waals surface area contributed by atoms with Gasteiger partial charge in [0.1, 0.15) is 56.3 Å². The first-order valence-corrected chi connectivity index (χ1v) is 26.8. The summed E-state index contributed by atoms with van der Waals surface area (Å²) >= 11 is 0. The lowest BCUT2D eigenvalue weighted by molar-refractivity contribution is -0.308. The minimum Gasteiger partial charge on any atom is -0.497 e. The Kier molecular flexibility index (Phi) is 21.7. The largest absolute Gasteiger partial charge is 0.497 e. The van der Waals surface area contributed by atoms with E-state index in [4.69, 9.17) is 51.9 Å². The SMILES string of the molecule is COc1ccc(C(OC[C@H]2O[C@@H](n3ccc(NC(C)=O)nc3=O)C[C@@H]2OP(CCCO[C@@H]2O[C@H](COC(C)=O)[C@@H](OC(C)=O)[C@H](OC(C)=O)[C@H]2OC(C)=O)N(C(C)C)C(C)C)(c2ccccc2)c2ccc(OC)cc2)cc1. The number of nitrogens with one attached hydrogen (secondary N) is 1. The first-order chi connectivity index (χ1) is 36.7. The topological polar surface area (TPSA) is 237 Å². The Labute approximate surface area is 449 Å². The summed E-state index contributed by atoms with van der Waals surface area (Å²) in [6, 6.07) is 26.6. The highest BCUT2D eigenvalue weighted by Crippen LogP contribution is 2.50. The second kappa shape index (κ2) is 27.8. The predicted octanol–water partition coefficient (Wildman–Crippen LogP) is 6.82. The van der Waals surface area contributed by atoms with Crippen LogP contribution in [0.5, 0.6) is 11.5 Å². The molecule has 1 N–H and O–H groups in total. The molecule has 0 bridgehead atoms. The molecule has 9 atom stereocenters. The molecule has 0 saturated carbocycles. The number of hydrogen-bond acceptors (Lipinski definition) is 19. The van der Waals surface area contributed by atoms with Crippen LogP contribution in [0.3, 0.4) is 0 Å². The van der Waals surface area contributed by atoms with Gasteiger partial charge in [0.15, 0.2) is 24.6 Å². The fourth-order valence-corrected chi connectivity index (χ4v) is 11.9. The Morgan fingerprint density at radius 3 is 1.79 bits per heavy atom. The monoisotopic (exact) mass is 1090 g/mol. The maximum atomic E-state index is 13.7. The van der Waals surface area contributed by atoms with Crippen LogP contribution in [0.1, 0.15) is 98.1 Å². The minimum absolute atomic E-state index is 0.00131. The minimum atomic E-state index is -1.52. The standard InChI is InChI=1S/C55H71N4O17P/c1-33(2)59(34(3)4)77(29-15-28-68-53-52(73-39(9)64)51(72-38(8)63)50(71-37(7)62)47(75-53)31-69-36(6)61)76-45-30-49(58-27-26-48(56-35(5)60)57-54(58)65)74-46(45)32-70-55(40-16-13-12-14-17-40,41-18-22-43(66-10)23-19-41)42-20-24-44(67-11)25-21-42/h12-14,16-27,33-34,45-47,49-53H,15,28-32H2,1-11H3,(H,56,57,60,65)/t45-,46+,47+,49+,50+,51-,52+,53+,77?/m0/s1. The smallest absolute Gasteiger partial charge is 0.351 e. The number of esters is 4. The fraction of sp³-hybridized carbons (Fsp3) is 0.509. The molecule has 22 heteroatoms. The molecule has 3 heterocycles. The Balaban J connectivity index is 1.35. The Hall–Kier alpha value is -6.32. The van der Waals surface area contributed by atoms with Crippen LogP contribution in [0, 0.1) is 0 Å². The van der Waals surface area contributed by atoms with Gasteiger partial charge >= 0.3 is 29.6 Å². The van der Waals surface area contributed by atoms with Gasteiger partial charge < -0.3 is 57.2 Å². The van der Waals surface area contributed by atoms with Crippen LogP contribution < -0.4 is 20.5 Å². The first-order valence-electron chi connectivity index (χ1n) is 25.4. The van der Waals surface area contributed by atoms with Crippen molar-refractivity contribution in [2.24, 2.45) is 0 Å². The number of benzene rings is 3. The molecule has 3 aromatic carbocycles. The zero-order valence-electron chi connectivity index (χ0n) is 45.4. The average Bonchev–Trinajstić information content (AvgIpc) is 3.78. The Bertz CT molecular complexity index is 2600. The molecule has 1 aromatic heterocycles. The number of carbonyl (C=O) groups is 5. The summed E-state index contributed by atoms with van der Waals surface area (Å²) in [5.74, 6) is -1.90. The van der Waals surface area contributed by atoms with Crippen molar-refractivity contribution in [2.75, 3.05) is 45.5 Å². The van der Waals surface area contributed by atoms with Crippen molar-refractivity contribution in [3.8, 4) is 11.5 Å². The molecule has 2 aliphatic heterocycles. The van der Waals surface area contributed by atoms with Crippen molar-refractivity contribution in [2.45, 2.75) is 142 Å². The van der Waals surface area contributed by atoms with E-state index in [9.17, 15) is 28.8 Å². The number of nitrogens with zero attached hydrogens (tertiary/aromatic N) is 3. The van der Waals surface area contributed by atoms with Crippen molar-refractivity contribution >= 4 is 43.9 Å². The molecule has 0 aliphatic carbocycles. The first kappa shape index (κ1) is 59.9. The molecule has 0 spiro atoms. The van der Waals surface area contributed by atoms with Gasteiger partial charge in [-0.05, 0) is 81.1 Å². The van der Waals surface area contributed by atoms with Crippen LogP contribution in [0.15, 0.2) is 95.9 Å². The molecule has 2 saturated heterocycles. The second-order valence-corrected chi connectivity index (χ2v) is 20.8. The van der Waals surface area contributed by atoms with E-state index >= 15 is 0 Å². The Morgan fingerprint density at radius 2 is 1.27 bits per heavy atom. The van der Waals surface area contributed by atoms with Gasteiger partial charge in [-0.25, -0.2) is 4.79 Å². The summed E-state index contributed by atoms with van der Waals surface area (Å²) in [5, 5.41) is 2.56. The normalized spacial score (nSPS) is 21.8. The van der Waals surface area contributed by atoms with Gasteiger partial charge in [0, 0.05) is 65.5 Å². The van der Waals surface area contributed by atoms with Gasteiger partial charge in [0.05, 0.1) is 33.5 Å². The third kappa shape index (κ3) is 15.7. The van der Waals surface area contributed by atoms with Gasteiger partial charge in [-0.15, -0.1) is 0 Å². The molecule has 21 nitrogen and oxygen atoms in total. The zero-order valence-corrected chi connectivity index (χ0v) is 46.3. The van der Waals surface area contributed by atoms with Crippen LogP contribution in [0.25, 0.3) is 0 Å². The number of methoxy groups -OCH3 is 2. The van der Waals surface area contributed by atoms with Gasteiger partial charge in [0.2, 0.25) is 5.91 Å². The Morgan fingerprint density at radius 1 is 0.714 bits per heavy atom. The average molecular weight is 1090 g/mol. The number of hydrogen-bond donors (Lipinski definition) is 1. The van der Waals surface area contributed by atoms with Gasteiger partial charge in [0.25, 0.3) is 0 Å². The zero-order chi connectivity index (χ0) is 56.0. The van der Waals surface area contributed by atoms with Crippen molar-refractivity contribution < 1.29 is 75.9 Å². The van der Waals surface area contributed by atoms with E-state index in [1.54, 1.807) is 14.2 Å². The molecule has 418 valence electrons. The van der Waals surface area contributed by atoms with E-state index in [-0.39, 0.29) is 43.4 Å². The number of ether oxygens (including phenoxy) is 10. The summed E-state index contributed by atoms with van der Waals surface area (Å²) < 4.78 is 70.9. The highest BCUT2D eigenvalue weighted by atomic mass is 31.2. The van der Waals surface area contributed by atoms with Crippen LogP contribution in [-0.4, -0.2) is 139 Å². The van der Waals surface area contributed by atoms with Crippen LogP contribution in [0.2, 0.25) is 0 Å². The maximum absolute atomic E-state index is 13.7. The number of rotatable bonds is 25. The molecule has 6 rings (SSSR count). The fourth-order valence-electron chi connectivity index (χ4n) is 9.51. The number of anilines is 1.